The van der Waals surface area contributed by atoms with Gasteiger partial charge in [0, 0.05) is 24.7 Å². The Hall–Kier alpha value is -1.97. The summed E-state index contributed by atoms with van der Waals surface area (Å²) in [6.07, 6.45) is 5.98. The lowest BCUT2D eigenvalue weighted by molar-refractivity contribution is 0.584. The minimum Gasteiger partial charge on any atom is -0.359 e. The molecule has 0 fully saturated rings. The van der Waals surface area contributed by atoms with Crippen LogP contribution in [0.3, 0.4) is 0 Å². The van der Waals surface area contributed by atoms with E-state index in [0.29, 0.717) is 5.56 Å². The lowest BCUT2D eigenvalue weighted by atomic mass is 10.2. The summed E-state index contributed by atoms with van der Waals surface area (Å²) in [4.78, 5) is 3.72. The molecule has 0 amide bonds. The van der Waals surface area contributed by atoms with Crippen LogP contribution in [0.15, 0.2) is 42.2 Å². The minimum atomic E-state index is -0.622. The lowest BCUT2D eigenvalue weighted by Gasteiger charge is -2.06. The second kappa shape index (κ2) is 5.80. The van der Waals surface area contributed by atoms with Gasteiger partial charge < -0.3 is 5.32 Å². The maximum Gasteiger partial charge on any atom is 0.149 e. The molecule has 0 spiro atoms. The Morgan fingerprint density at radius 3 is 2.75 bits per heavy atom. The summed E-state index contributed by atoms with van der Waals surface area (Å²) in [5.41, 5.74) is 0.757. The van der Waals surface area contributed by atoms with Crippen LogP contribution in [0.25, 0.3) is 0 Å². The molecule has 1 aromatic rings. The maximum absolute atomic E-state index is 13.3. The third-order valence-corrected chi connectivity index (χ3v) is 1.85. The number of benzene rings is 1. The van der Waals surface area contributed by atoms with E-state index in [1.54, 1.807) is 13.0 Å². The van der Waals surface area contributed by atoms with E-state index in [4.69, 9.17) is 0 Å². The average molecular weight is 222 g/mol. The molecule has 0 heterocycles. The van der Waals surface area contributed by atoms with Crippen molar-refractivity contribution in [3.05, 3.63) is 54.4 Å². The molecule has 16 heavy (non-hydrogen) atoms. The molecule has 0 aliphatic rings. The number of aryl methyl sites for hydroxylation is 1. The molecule has 0 atom stereocenters. The highest BCUT2D eigenvalue weighted by molar-refractivity contribution is 5.72. The van der Waals surface area contributed by atoms with Crippen LogP contribution in [0.1, 0.15) is 5.56 Å². The van der Waals surface area contributed by atoms with E-state index in [1.807, 2.05) is 0 Å². The number of rotatable bonds is 4. The molecular weight excluding hydrogens is 210 g/mol. The normalized spacial score (nSPS) is 11.2. The predicted octanol–water partition coefficient (Wildman–Crippen LogP) is 3.41. The van der Waals surface area contributed by atoms with Crippen LogP contribution in [-0.4, -0.2) is 6.21 Å². The van der Waals surface area contributed by atoms with Gasteiger partial charge in [0.25, 0.3) is 0 Å². The quantitative estimate of drug-likeness (QED) is 0.775. The van der Waals surface area contributed by atoms with E-state index in [1.165, 1.54) is 24.7 Å². The van der Waals surface area contributed by atoms with Crippen LogP contribution >= 0.6 is 0 Å². The highest BCUT2D eigenvalue weighted by Gasteiger charge is 2.05. The zero-order valence-electron chi connectivity index (χ0n) is 8.87. The first-order chi connectivity index (χ1) is 7.65. The van der Waals surface area contributed by atoms with Crippen molar-refractivity contribution in [1.82, 2.24) is 0 Å². The van der Waals surface area contributed by atoms with E-state index in [2.05, 4.69) is 16.9 Å². The van der Waals surface area contributed by atoms with Crippen molar-refractivity contribution in [2.24, 2.45) is 4.99 Å². The second-order valence-corrected chi connectivity index (χ2v) is 3.06. The molecule has 0 aliphatic carbocycles. The van der Waals surface area contributed by atoms with Crippen molar-refractivity contribution in [2.45, 2.75) is 6.92 Å². The van der Waals surface area contributed by atoms with Crippen LogP contribution in [0.2, 0.25) is 0 Å². The molecule has 84 valence electrons. The molecule has 1 N–H and O–H groups in total. The van der Waals surface area contributed by atoms with Crippen molar-refractivity contribution in [3.8, 4) is 0 Å². The van der Waals surface area contributed by atoms with Crippen molar-refractivity contribution in [1.29, 1.82) is 0 Å². The summed E-state index contributed by atoms with van der Waals surface area (Å²) in [6.45, 7) is 5.03. The van der Waals surface area contributed by atoms with Crippen molar-refractivity contribution in [3.63, 3.8) is 0 Å². The van der Waals surface area contributed by atoms with Gasteiger partial charge in [0.15, 0.2) is 0 Å². The number of hydrogen-bond donors (Lipinski definition) is 1. The lowest BCUT2D eigenvalue weighted by Crippen LogP contribution is -1.96. The number of nitrogens with one attached hydrogen (secondary N) is 1. The van der Waals surface area contributed by atoms with Crippen molar-refractivity contribution >= 4 is 11.9 Å². The van der Waals surface area contributed by atoms with E-state index in [9.17, 15) is 8.78 Å². The molecule has 0 aromatic heterocycles. The van der Waals surface area contributed by atoms with Gasteiger partial charge in [-0.05, 0) is 24.6 Å². The fraction of sp³-hybridized carbons (Fsp3) is 0.0833. The van der Waals surface area contributed by atoms with E-state index < -0.39 is 11.6 Å². The van der Waals surface area contributed by atoms with Gasteiger partial charge in [-0.1, -0.05) is 6.58 Å². The highest BCUT2D eigenvalue weighted by atomic mass is 19.1. The van der Waals surface area contributed by atoms with Gasteiger partial charge >= 0.3 is 0 Å². The largest absolute Gasteiger partial charge is 0.359 e. The standard InChI is InChI=1S/C12H12F2N2/c1-3-15-5-4-6-16-12-9(2)7-10(13)8-11(12)14/h3-8,16H,1H2,2H3/b6-4-,15-5?. The number of halogens is 2. The number of hydrogen-bond acceptors (Lipinski definition) is 2. The van der Waals surface area contributed by atoms with Gasteiger partial charge in [-0.15, -0.1) is 0 Å². The SMILES string of the molecule is C=CN=C/C=C\Nc1c(C)cc(F)cc1F. The summed E-state index contributed by atoms with van der Waals surface area (Å²) < 4.78 is 26.1. The summed E-state index contributed by atoms with van der Waals surface area (Å²) in [7, 11) is 0. The fourth-order valence-corrected chi connectivity index (χ4v) is 1.17. The minimum absolute atomic E-state index is 0.254. The summed E-state index contributed by atoms with van der Waals surface area (Å²) >= 11 is 0. The number of nitrogens with zero attached hydrogens (tertiary/aromatic N) is 1. The Morgan fingerprint density at radius 1 is 1.38 bits per heavy atom. The van der Waals surface area contributed by atoms with Crippen molar-refractivity contribution < 1.29 is 8.78 Å². The molecule has 2 nitrogen and oxygen atoms in total. The van der Waals surface area contributed by atoms with Gasteiger partial charge in [-0.2, -0.15) is 0 Å². The Balaban J connectivity index is 2.78. The molecule has 0 radical (unpaired) electrons. The van der Waals surface area contributed by atoms with Gasteiger partial charge in [-0.25, -0.2) is 8.78 Å². The monoisotopic (exact) mass is 222 g/mol. The van der Waals surface area contributed by atoms with Crippen LogP contribution in [0.5, 0.6) is 0 Å². The Bertz CT molecular complexity index is 414. The molecule has 0 saturated carbocycles. The first-order valence-corrected chi connectivity index (χ1v) is 4.66. The predicted molar refractivity (Wildman–Crippen MR) is 62.5 cm³/mol. The summed E-state index contributed by atoms with van der Waals surface area (Å²) in [5.74, 6) is -1.21. The summed E-state index contributed by atoms with van der Waals surface area (Å²) in [5, 5.41) is 2.72. The van der Waals surface area contributed by atoms with E-state index in [0.717, 1.165) is 6.07 Å². The highest BCUT2D eigenvalue weighted by Crippen LogP contribution is 2.20. The molecule has 4 heteroatoms. The molecule has 0 unspecified atom stereocenters. The molecular formula is C12H12F2N2. The van der Waals surface area contributed by atoms with Crippen LogP contribution in [0.4, 0.5) is 14.5 Å². The zero-order valence-corrected chi connectivity index (χ0v) is 8.87. The Labute approximate surface area is 93.0 Å². The second-order valence-electron chi connectivity index (χ2n) is 3.06. The van der Waals surface area contributed by atoms with Gasteiger partial charge in [0.05, 0.1) is 5.69 Å². The number of anilines is 1. The smallest absolute Gasteiger partial charge is 0.149 e. The molecule has 0 bridgehead atoms. The van der Waals surface area contributed by atoms with Crippen LogP contribution in [-0.2, 0) is 0 Å². The fourth-order valence-electron chi connectivity index (χ4n) is 1.17. The molecule has 1 aromatic carbocycles. The van der Waals surface area contributed by atoms with Crippen molar-refractivity contribution in [2.75, 3.05) is 5.32 Å². The van der Waals surface area contributed by atoms with Crippen LogP contribution < -0.4 is 5.32 Å². The number of aliphatic imine (C=N–C) groups is 1. The molecule has 0 aliphatic heterocycles. The summed E-state index contributed by atoms with van der Waals surface area (Å²) in [6, 6.07) is 2.10. The topological polar surface area (TPSA) is 24.4 Å². The third-order valence-electron chi connectivity index (χ3n) is 1.85. The first kappa shape index (κ1) is 12.1. The average Bonchev–Trinajstić information content (AvgIpc) is 2.20. The van der Waals surface area contributed by atoms with Gasteiger partial charge in [0.1, 0.15) is 11.6 Å². The Kier molecular flexibility index (Phi) is 4.39. The maximum atomic E-state index is 13.3. The third kappa shape index (κ3) is 3.31. The Morgan fingerprint density at radius 2 is 2.12 bits per heavy atom. The zero-order chi connectivity index (χ0) is 12.0. The van der Waals surface area contributed by atoms with Crippen LogP contribution in [0, 0.1) is 18.6 Å². The molecule has 1 rings (SSSR count). The first-order valence-electron chi connectivity index (χ1n) is 4.66. The van der Waals surface area contributed by atoms with Gasteiger partial charge in [0.2, 0.25) is 0 Å². The number of allylic oxidation sites excluding steroid dienone is 1. The molecule has 0 saturated heterocycles. The van der Waals surface area contributed by atoms with E-state index in [-0.39, 0.29) is 5.69 Å². The van der Waals surface area contributed by atoms with E-state index >= 15 is 0 Å². The van der Waals surface area contributed by atoms with Gasteiger partial charge in [-0.3, -0.25) is 4.99 Å².